The van der Waals surface area contributed by atoms with Gasteiger partial charge in [-0.1, -0.05) is 41.7 Å². The molecule has 1 aromatic rings. The van der Waals surface area contributed by atoms with E-state index in [1.54, 1.807) is 13.0 Å². The lowest BCUT2D eigenvalue weighted by Gasteiger charge is -2.18. The standard InChI is InChI=1S/C11H11Cl3N2O2S/c1-2-16(6-5-15)19(17,18)7-8-9(12)3-4-10(13)11(8)14/h3-4H,2,6-7H2,1H3. The molecule has 8 heteroatoms. The van der Waals surface area contributed by atoms with Crippen molar-refractivity contribution in [2.45, 2.75) is 12.7 Å². The van der Waals surface area contributed by atoms with E-state index < -0.39 is 10.0 Å². The minimum atomic E-state index is -3.67. The molecule has 0 radical (unpaired) electrons. The summed E-state index contributed by atoms with van der Waals surface area (Å²) in [5.41, 5.74) is 0.243. The molecule has 0 saturated carbocycles. The summed E-state index contributed by atoms with van der Waals surface area (Å²) in [6.07, 6.45) is 0. The first-order chi connectivity index (χ1) is 8.83. The molecule has 1 rings (SSSR count). The maximum atomic E-state index is 12.2. The van der Waals surface area contributed by atoms with Crippen molar-refractivity contribution in [3.05, 3.63) is 32.8 Å². The van der Waals surface area contributed by atoms with Crippen LogP contribution in [0.5, 0.6) is 0 Å². The molecule has 19 heavy (non-hydrogen) atoms. The number of hydrogen-bond acceptors (Lipinski definition) is 3. The van der Waals surface area contributed by atoms with Crippen LogP contribution in [0, 0.1) is 11.3 Å². The molecule has 0 atom stereocenters. The van der Waals surface area contributed by atoms with Crippen LogP contribution in [0.25, 0.3) is 0 Å². The smallest absolute Gasteiger partial charge is 0.212 e. The Morgan fingerprint density at radius 1 is 1.26 bits per heavy atom. The van der Waals surface area contributed by atoms with Crippen LogP contribution < -0.4 is 0 Å². The first-order valence-electron chi connectivity index (χ1n) is 5.30. The molecule has 0 amide bonds. The van der Waals surface area contributed by atoms with E-state index in [0.29, 0.717) is 0 Å². The van der Waals surface area contributed by atoms with Crippen LogP contribution >= 0.6 is 34.8 Å². The van der Waals surface area contributed by atoms with Gasteiger partial charge in [-0.15, -0.1) is 0 Å². The van der Waals surface area contributed by atoms with Gasteiger partial charge in [0, 0.05) is 17.1 Å². The van der Waals surface area contributed by atoms with Gasteiger partial charge in [0.05, 0.1) is 21.9 Å². The number of nitrogens with zero attached hydrogens (tertiary/aromatic N) is 2. The number of benzene rings is 1. The monoisotopic (exact) mass is 340 g/mol. The number of hydrogen-bond donors (Lipinski definition) is 0. The molecular weight excluding hydrogens is 331 g/mol. The highest BCUT2D eigenvalue weighted by molar-refractivity contribution is 7.88. The Kier molecular flexibility index (Phi) is 5.90. The summed E-state index contributed by atoms with van der Waals surface area (Å²) in [6.45, 7) is 1.64. The third-order valence-electron chi connectivity index (χ3n) is 2.46. The first-order valence-corrected chi connectivity index (χ1v) is 8.05. The van der Waals surface area contributed by atoms with Gasteiger partial charge in [0.2, 0.25) is 10.0 Å². The summed E-state index contributed by atoms with van der Waals surface area (Å²) in [6, 6.07) is 4.79. The van der Waals surface area contributed by atoms with Crippen molar-refractivity contribution < 1.29 is 8.42 Å². The highest BCUT2D eigenvalue weighted by atomic mass is 35.5. The summed E-state index contributed by atoms with van der Waals surface area (Å²) < 4.78 is 25.4. The molecule has 1 aromatic carbocycles. The molecule has 0 unspecified atom stereocenters. The van der Waals surface area contributed by atoms with Crippen LogP contribution in [-0.2, 0) is 15.8 Å². The first kappa shape index (κ1) is 16.5. The number of halogens is 3. The molecule has 0 aliphatic rings. The lowest BCUT2D eigenvalue weighted by atomic mass is 10.2. The van der Waals surface area contributed by atoms with Gasteiger partial charge in [0.15, 0.2) is 0 Å². The van der Waals surface area contributed by atoms with Gasteiger partial charge in [-0.05, 0) is 12.1 Å². The molecule has 0 N–H and O–H groups in total. The molecule has 0 bridgehead atoms. The van der Waals surface area contributed by atoms with Crippen molar-refractivity contribution in [2.24, 2.45) is 0 Å². The van der Waals surface area contributed by atoms with E-state index in [0.717, 1.165) is 4.31 Å². The Morgan fingerprint density at radius 2 is 1.84 bits per heavy atom. The third-order valence-corrected chi connectivity index (χ3v) is 5.48. The van der Waals surface area contributed by atoms with Crippen LogP contribution in [0.2, 0.25) is 15.1 Å². The zero-order valence-corrected chi connectivity index (χ0v) is 13.1. The fourth-order valence-electron chi connectivity index (χ4n) is 1.46. The van der Waals surface area contributed by atoms with Crippen molar-refractivity contribution >= 4 is 44.8 Å². The highest BCUT2D eigenvalue weighted by Gasteiger charge is 2.24. The van der Waals surface area contributed by atoms with Gasteiger partial charge >= 0.3 is 0 Å². The van der Waals surface area contributed by atoms with Gasteiger partial charge in [-0.3, -0.25) is 0 Å². The maximum absolute atomic E-state index is 12.2. The van der Waals surface area contributed by atoms with Gasteiger partial charge in [-0.2, -0.15) is 9.57 Å². The molecule has 4 nitrogen and oxygen atoms in total. The molecule has 0 aliphatic heterocycles. The number of rotatable bonds is 5. The predicted octanol–water partition coefficient (Wildman–Crippen LogP) is 3.32. The zero-order valence-electron chi connectivity index (χ0n) is 10.0. The fourth-order valence-corrected chi connectivity index (χ4v) is 3.80. The second-order valence-electron chi connectivity index (χ2n) is 3.66. The maximum Gasteiger partial charge on any atom is 0.219 e. The molecule has 0 aromatic heterocycles. The van der Waals surface area contributed by atoms with Gasteiger partial charge in [0.25, 0.3) is 0 Å². The highest BCUT2D eigenvalue weighted by Crippen LogP contribution is 2.33. The van der Waals surface area contributed by atoms with Crippen molar-refractivity contribution in [1.29, 1.82) is 5.26 Å². The molecular formula is C11H11Cl3N2O2S. The second-order valence-corrected chi connectivity index (χ2v) is 6.82. The molecule has 0 spiro atoms. The van der Waals surface area contributed by atoms with E-state index in [-0.39, 0.29) is 39.5 Å². The van der Waals surface area contributed by atoms with E-state index >= 15 is 0 Å². The fraction of sp³-hybridized carbons (Fsp3) is 0.364. The van der Waals surface area contributed by atoms with Crippen LogP contribution in [0.4, 0.5) is 0 Å². The third kappa shape index (κ3) is 3.98. The molecule has 0 aliphatic carbocycles. The van der Waals surface area contributed by atoms with E-state index in [1.165, 1.54) is 12.1 Å². The van der Waals surface area contributed by atoms with Gasteiger partial charge in [0.1, 0.15) is 6.54 Å². The largest absolute Gasteiger partial charge is 0.219 e. The molecule has 0 saturated heterocycles. The van der Waals surface area contributed by atoms with Crippen molar-refractivity contribution in [3.8, 4) is 6.07 Å². The minimum Gasteiger partial charge on any atom is -0.212 e. The van der Waals surface area contributed by atoms with Crippen LogP contribution in [0.15, 0.2) is 12.1 Å². The van der Waals surface area contributed by atoms with E-state index in [9.17, 15) is 8.42 Å². The SMILES string of the molecule is CCN(CC#N)S(=O)(=O)Cc1c(Cl)ccc(Cl)c1Cl. The Labute approximate surface area is 127 Å². The van der Waals surface area contributed by atoms with E-state index in [4.69, 9.17) is 40.1 Å². The zero-order chi connectivity index (χ0) is 14.6. The summed E-state index contributed by atoms with van der Waals surface area (Å²) in [5.74, 6) is -0.388. The summed E-state index contributed by atoms with van der Waals surface area (Å²) in [7, 11) is -3.67. The Balaban J connectivity index is 3.16. The quantitative estimate of drug-likeness (QED) is 0.609. The average Bonchev–Trinajstić information content (AvgIpc) is 2.36. The van der Waals surface area contributed by atoms with Gasteiger partial charge < -0.3 is 0 Å². The second kappa shape index (κ2) is 6.78. The van der Waals surface area contributed by atoms with Crippen LogP contribution in [0.1, 0.15) is 12.5 Å². The van der Waals surface area contributed by atoms with Gasteiger partial charge in [-0.25, -0.2) is 8.42 Å². The number of sulfonamides is 1. The van der Waals surface area contributed by atoms with E-state index in [1.807, 2.05) is 0 Å². The Bertz CT molecular complexity index is 611. The molecule has 0 fully saturated rings. The Hall–Kier alpha value is -0.510. The normalized spacial score (nSPS) is 11.6. The van der Waals surface area contributed by atoms with Crippen molar-refractivity contribution in [2.75, 3.05) is 13.1 Å². The summed E-state index contributed by atoms with van der Waals surface area (Å²) >= 11 is 17.7. The summed E-state index contributed by atoms with van der Waals surface area (Å²) in [5, 5.41) is 9.20. The topological polar surface area (TPSA) is 61.2 Å². The number of nitriles is 1. The Morgan fingerprint density at radius 3 is 2.37 bits per heavy atom. The molecule has 104 valence electrons. The van der Waals surface area contributed by atoms with E-state index in [2.05, 4.69) is 0 Å². The van der Waals surface area contributed by atoms with Crippen molar-refractivity contribution in [3.63, 3.8) is 0 Å². The average molecular weight is 342 g/mol. The van der Waals surface area contributed by atoms with Crippen LogP contribution in [-0.4, -0.2) is 25.8 Å². The lowest BCUT2D eigenvalue weighted by molar-refractivity contribution is 0.462. The minimum absolute atomic E-state index is 0.116. The summed E-state index contributed by atoms with van der Waals surface area (Å²) in [4.78, 5) is 0. The van der Waals surface area contributed by atoms with Crippen molar-refractivity contribution in [1.82, 2.24) is 4.31 Å². The molecule has 0 heterocycles. The predicted molar refractivity (Wildman–Crippen MR) is 77.0 cm³/mol. The van der Waals surface area contributed by atoms with Crippen LogP contribution in [0.3, 0.4) is 0 Å². The lowest BCUT2D eigenvalue weighted by Crippen LogP contribution is -2.32.